The van der Waals surface area contributed by atoms with Gasteiger partial charge in [-0.15, -0.1) is 0 Å². The minimum absolute atomic E-state index is 0.481. The summed E-state index contributed by atoms with van der Waals surface area (Å²) in [4.78, 5) is 4.92. The third-order valence-electron chi connectivity index (χ3n) is 4.05. The second-order valence-electron chi connectivity index (χ2n) is 5.88. The van der Waals surface area contributed by atoms with Crippen molar-refractivity contribution in [1.82, 2.24) is 9.80 Å². The molecule has 0 amide bonds. The Morgan fingerprint density at radius 1 is 1.32 bits per heavy atom. The smallest absolute Gasteiger partial charge is 0.0262 e. The molecule has 2 atom stereocenters. The van der Waals surface area contributed by atoms with Crippen LogP contribution in [0.25, 0.3) is 0 Å². The summed E-state index contributed by atoms with van der Waals surface area (Å²) in [6.07, 6.45) is 3.69. The Bertz CT molecular complexity index is 364. The van der Waals surface area contributed by atoms with Gasteiger partial charge in [-0.05, 0) is 45.5 Å². The lowest BCUT2D eigenvalue weighted by Crippen LogP contribution is -2.48. The quantitative estimate of drug-likeness (QED) is 0.844. The molecule has 0 bridgehead atoms. The van der Waals surface area contributed by atoms with E-state index in [9.17, 15) is 0 Å². The van der Waals surface area contributed by atoms with Crippen LogP contribution in [0.5, 0.6) is 0 Å². The Hall–Kier alpha value is -0.900. The zero-order chi connectivity index (χ0) is 13.7. The van der Waals surface area contributed by atoms with Gasteiger partial charge in [-0.3, -0.25) is 4.90 Å². The molecule has 1 saturated heterocycles. The molecule has 2 unspecified atom stereocenters. The third kappa shape index (κ3) is 4.03. The second kappa shape index (κ2) is 7.04. The molecule has 106 valence electrons. The number of nitrogens with two attached hydrogens (primary N) is 1. The maximum absolute atomic E-state index is 6.04. The molecule has 3 heteroatoms. The monoisotopic (exact) mass is 261 g/mol. The molecule has 0 radical (unpaired) electrons. The summed E-state index contributed by atoms with van der Waals surface area (Å²) in [7, 11) is 4.32. The molecule has 3 nitrogen and oxygen atoms in total. The number of benzene rings is 1. The first-order valence-electron chi connectivity index (χ1n) is 7.35. The number of rotatable bonds is 6. The van der Waals surface area contributed by atoms with Crippen molar-refractivity contribution in [3.63, 3.8) is 0 Å². The van der Waals surface area contributed by atoms with Crippen molar-refractivity contribution < 1.29 is 0 Å². The van der Waals surface area contributed by atoms with E-state index in [0.29, 0.717) is 12.1 Å². The zero-order valence-electron chi connectivity index (χ0n) is 12.3. The molecule has 1 aliphatic rings. The van der Waals surface area contributed by atoms with E-state index < -0.39 is 0 Å². The molecule has 1 fully saturated rings. The van der Waals surface area contributed by atoms with Crippen LogP contribution in [0.4, 0.5) is 0 Å². The minimum Gasteiger partial charge on any atom is -0.329 e. The topological polar surface area (TPSA) is 32.5 Å². The predicted molar refractivity (Wildman–Crippen MR) is 81.3 cm³/mol. The van der Waals surface area contributed by atoms with Crippen LogP contribution in [0.3, 0.4) is 0 Å². The molecule has 1 heterocycles. The number of hydrogen-bond donors (Lipinski definition) is 1. The Morgan fingerprint density at radius 2 is 2.05 bits per heavy atom. The molecule has 1 aromatic carbocycles. The van der Waals surface area contributed by atoms with Crippen LogP contribution in [-0.2, 0) is 6.42 Å². The molecular weight excluding hydrogens is 234 g/mol. The van der Waals surface area contributed by atoms with Crippen LogP contribution in [0, 0.1) is 0 Å². The molecule has 2 N–H and O–H groups in total. The van der Waals surface area contributed by atoms with E-state index in [1.54, 1.807) is 0 Å². The van der Waals surface area contributed by atoms with Gasteiger partial charge in [-0.2, -0.15) is 0 Å². The second-order valence-corrected chi connectivity index (χ2v) is 5.88. The van der Waals surface area contributed by atoms with Crippen LogP contribution in [0.1, 0.15) is 18.4 Å². The molecule has 0 aromatic heterocycles. The SMILES string of the molecule is CN(C)CC1CCCN1C(CN)Cc1ccccc1. The van der Waals surface area contributed by atoms with E-state index in [-0.39, 0.29) is 0 Å². The van der Waals surface area contributed by atoms with E-state index in [1.165, 1.54) is 24.9 Å². The molecular formula is C16H27N3. The number of likely N-dealkylation sites (N-methyl/N-ethyl adjacent to an activating group) is 1. The van der Waals surface area contributed by atoms with Gasteiger partial charge in [0, 0.05) is 25.2 Å². The van der Waals surface area contributed by atoms with Crippen LogP contribution < -0.4 is 5.73 Å². The Balaban J connectivity index is 2.00. The van der Waals surface area contributed by atoms with E-state index in [1.807, 2.05) is 0 Å². The van der Waals surface area contributed by atoms with Crippen LogP contribution in [0.2, 0.25) is 0 Å². The highest BCUT2D eigenvalue weighted by atomic mass is 15.2. The first-order chi connectivity index (χ1) is 9.20. The normalized spacial score (nSPS) is 22.0. The maximum atomic E-state index is 6.04. The van der Waals surface area contributed by atoms with Gasteiger partial charge >= 0.3 is 0 Å². The molecule has 1 aromatic rings. The first kappa shape index (κ1) is 14.5. The summed E-state index contributed by atoms with van der Waals surface area (Å²) in [6, 6.07) is 11.9. The summed E-state index contributed by atoms with van der Waals surface area (Å²) >= 11 is 0. The van der Waals surface area contributed by atoms with Gasteiger partial charge in [-0.1, -0.05) is 30.3 Å². The fraction of sp³-hybridized carbons (Fsp3) is 0.625. The summed E-state index contributed by atoms with van der Waals surface area (Å²) in [5.74, 6) is 0. The standard InChI is InChI=1S/C16H27N3/c1-18(2)13-15-9-6-10-19(15)16(12-17)11-14-7-4-3-5-8-14/h3-5,7-8,15-16H,6,9-13,17H2,1-2H3. The van der Waals surface area contributed by atoms with Crippen molar-refractivity contribution >= 4 is 0 Å². The maximum Gasteiger partial charge on any atom is 0.0262 e. The molecule has 0 aliphatic carbocycles. The summed E-state index contributed by atoms with van der Waals surface area (Å²) in [6.45, 7) is 3.09. The Kier molecular flexibility index (Phi) is 5.37. The fourth-order valence-corrected chi connectivity index (χ4v) is 3.18. The van der Waals surface area contributed by atoms with Gasteiger partial charge in [0.25, 0.3) is 0 Å². The highest BCUT2D eigenvalue weighted by Gasteiger charge is 2.30. The largest absolute Gasteiger partial charge is 0.329 e. The molecule has 0 saturated carbocycles. The van der Waals surface area contributed by atoms with Crippen LogP contribution >= 0.6 is 0 Å². The van der Waals surface area contributed by atoms with Crippen molar-refractivity contribution in [3.05, 3.63) is 35.9 Å². The van der Waals surface area contributed by atoms with Crippen LogP contribution in [-0.4, -0.2) is 55.6 Å². The number of likely N-dealkylation sites (tertiary alicyclic amines) is 1. The zero-order valence-corrected chi connectivity index (χ0v) is 12.3. The van der Waals surface area contributed by atoms with Gasteiger partial charge < -0.3 is 10.6 Å². The highest BCUT2D eigenvalue weighted by Crippen LogP contribution is 2.22. The average molecular weight is 261 g/mol. The molecule has 1 aliphatic heterocycles. The van der Waals surface area contributed by atoms with Gasteiger partial charge in [0.1, 0.15) is 0 Å². The van der Waals surface area contributed by atoms with Crippen LogP contribution in [0.15, 0.2) is 30.3 Å². The lowest BCUT2D eigenvalue weighted by Gasteiger charge is -2.34. The molecule has 19 heavy (non-hydrogen) atoms. The van der Waals surface area contributed by atoms with E-state index in [0.717, 1.165) is 19.5 Å². The first-order valence-corrected chi connectivity index (χ1v) is 7.35. The lowest BCUT2D eigenvalue weighted by molar-refractivity contribution is 0.154. The van der Waals surface area contributed by atoms with Crippen molar-refractivity contribution in [3.8, 4) is 0 Å². The van der Waals surface area contributed by atoms with Gasteiger partial charge in [0.05, 0.1) is 0 Å². The van der Waals surface area contributed by atoms with E-state index in [2.05, 4.69) is 54.2 Å². The minimum atomic E-state index is 0.481. The van der Waals surface area contributed by atoms with E-state index in [4.69, 9.17) is 5.73 Å². The van der Waals surface area contributed by atoms with Gasteiger partial charge in [0.2, 0.25) is 0 Å². The number of hydrogen-bond acceptors (Lipinski definition) is 3. The predicted octanol–water partition coefficient (Wildman–Crippen LogP) is 1.58. The molecule has 2 rings (SSSR count). The summed E-state index contributed by atoms with van der Waals surface area (Å²) in [5, 5.41) is 0. The number of nitrogens with zero attached hydrogens (tertiary/aromatic N) is 2. The van der Waals surface area contributed by atoms with Crippen molar-refractivity contribution in [2.75, 3.05) is 33.7 Å². The fourth-order valence-electron chi connectivity index (χ4n) is 3.18. The average Bonchev–Trinajstić information content (AvgIpc) is 2.84. The third-order valence-corrected chi connectivity index (χ3v) is 4.05. The van der Waals surface area contributed by atoms with Gasteiger partial charge in [-0.25, -0.2) is 0 Å². The van der Waals surface area contributed by atoms with E-state index >= 15 is 0 Å². The Labute approximate surface area is 117 Å². The van der Waals surface area contributed by atoms with Crippen molar-refractivity contribution in [2.45, 2.75) is 31.3 Å². The lowest BCUT2D eigenvalue weighted by atomic mass is 10.0. The summed E-state index contributed by atoms with van der Waals surface area (Å²) < 4.78 is 0. The van der Waals surface area contributed by atoms with Crippen molar-refractivity contribution in [2.24, 2.45) is 5.73 Å². The van der Waals surface area contributed by atoms with Crippen molar-refractivity contribution in [1.29, 1.82) is 0 Å². The highest BCUT2D eigenvalue weighted by molar-refractivity contribution is 5.16. The summed E-state index contributed by atoms with van der Waals surface area (Å²) in [5.41, 5.74) is 7.43. The van der Waals surface area contributed by atoms with Gasteiger partial charge in [0.15, 0.2) is 0 Å². The molecule has 0 spiro atoms. The Morgan fingerprint density at radius 3 is 2.68 bits per heavy atom.